The molecule has 0 aliphatic rings. The summed E-state index contributed by atoms with van der Waals surface area (Å²) in [7, 11) is 0. The van der Waals surface area contributed by atoms with Crippen LogP contribution in [0.25, 0.3) is 11.3 Å². The highest BCUT2D eigenvalue weighted by atomic mass is 35.5. The third-order valence-corrected chi connectivity index (χ3v) is 2.92. The maximum atomic E-state index is 12.6. The van der Waals surface area contributed by atoms with Gasteiger partial charge < -0.3 is 0 Å². The van der Waals surface area contributed by atoms with Crippen molar-refractivity contribution in [2.45, 2.75) is 12.4 Å². The highest BCUT2D eigenvalue weighted by Gasteiger charge is 2.32. The van der Waals surface area contributed by atoms with E-state index in [4.69, 9.17) is 11.6 Å². The first-order chi connectivity index (χ1) is 9.59. The largest absolute Gasteiger partial charge is 0.417 e. The number of aromatic nitrogens is 1. The molecule has 1 heterocycles. The van der Waals surface area contributed by atoms with Crippen LogP contribution in [0.5, 0.6) is 0 Å². The molecule has 0 unspecified atom stereocenters. The molecule has 0 aliphatic heterocycles. The van der Waals surface area contributed by atoms with E-state index >= 15 is 0 Å². The van der Waals surface area contributed by atoms with Crippen molar-refractivity contribution in [1.82, 2.24) is 4.98 Å². The molecule has 0 radical (unpaired) electrons. The smallest absolute Gasteiger partial charge is 0.254 e. The van der Waals surface area contributed by atoms with Crippen LogP contribution in [-0.4, -0.2) is 4.98 Å². The number of rotatable bonds is 1. The van der Waals surface area contributed by atoms with Gasteiger partial charge in [-0.2, -0.15) is 26.3 Å². The summed E-state index contributed by atoms with van der Waals surface area (Å²) in [5, 5.41) is -0.371. The Morgan fingerprint density at radius 3 is 2.00 bits per heavy atom. The predicted octanol–water partition coefficient (Wildman–Crippen LogP) is 5.44. The lowest BCUT2D eigenvalue weighted by Crippen LogP contribution is -2.06. The first-order valence-electron chi connectivity index (χ1n) is 5.49. The molecular formula is C13H6ClF6N. The highest BCUT2D eigenvalue weighted by molar-refractivity contribution is 6.33. The Labute approximate surface area is 120 Å². The van der Waals surface area contributed by atoms with Crippen molar-refractivity contribution in [1.29, 1.82) is 0 Å². The summed E-state index contributed by atoms with van der Waals surface area (Å²) < 4.78 is 75.2. The number of pyridine rings is 1. The maximum absolute atomic E-state index is 12.6. The minimum atomic E-state index is -4.62. The van der Waals surface area contributed by atoms with E-state index in [1.54, 1.807) is 0 Å². The molecule has 0 saturated carbocycles. The standard InChI is InChI=1S/C13H6ClF6N/c14-10-5-9(13(18,19)20)6-21-11(10)7-2-1-3-8(4-7)12(15,16)17/h1-6H. The number of hydrogen-bond donors (Lipinski definition) is 0. The molecule has 8 heteroatoms. The van der Waals surface area contributed by atoms with Crippen LogP contribution in [0.3, 0.4) is 0 Å². The molecule has 0 saturated heterocycles. The van der Waals surface area contributed by atoms with Gasteiger partial charge >= 0.3 is 12.4 Å². The summed E-state index contributed by atoms with van der Waals surface area (Å²) in [6.45, 7) is 0. The van der Waals surface area contributed by atoms with Crippen molar-refractivity contribution in [3.05, 3.63) is 52.7 Å². The Morgan fingerprint density at radius 1 is 0.857 bits per heavy atom. The van der Waals surface area contributed by atoms with Gasteiger partial charge in [0.2, 0.25) is 0 Å². The van der Waals surface area contributed by atoms with E-state index < -0.39 is 23.5 Å². The number of hydrogen-bond acceptors (Lipinski definition) is 1. The first-order valence-corrected chi connectivity index (χ1v) is 5.87. The first kappa shape index (κ1) is 15.6. The molecule has 0 spiro atoms. The van der Waals surface area contributed by atoms with Gasteiger partial charge in [0, 0.05) is 11.8 Å². The molecule has 0 bridgehead atoms. The fourth-order valence-corrected chi connectivity index (χ4v) is 1.92. The van der Waals surface area contributed by atoms with Gasteiger partial charge in [-0.1, -0.05) is 23.7 Å². The highest BCUT2D eigenvalue weighted by Crippen LogP contribution is 2.36. The van der Waals surface area contributed by atoms with Crippen molar-refractivity contribution in [3.8, 4) is 11.3 Å². The molecule has 2 rings (SSSR count). The molecule has 1 aromatic carbocycles. The Morgan fingerprint density at radius 2 is 1.48 bits per heavy atom. The average Bonchev–Trinajstić information content (AvgIpc) is 2.36. The van der Waals surface area contributed by atoms with E-state index in [1.807, 2.05) is 0 Å². The van der Waals surface area contributed by atoms with Crippen LogP contribution >= 0.6 is 11.6 Å². The minimum absolute atomic E-state index is 0.0106. The molecule has 0 aliphatic carbocycles. The van der Waals surface area contributed by atoms with Crippen molar-refractivity contribution >= 4 is 11.6 Å². The van der Waals surface area contributed by atoms with Crippen LogP contribution in [0.2, 0.25) is 5.02 Å². The number of benzene rings is 1. The lowest BCUT2D eigenvalue weighted by Gasteiger charge is -2.11. The number of halogens is 7. The fraction of sp³-hybridized carbons (Fsp3) is 0.154. The van der Waals surface area contributed by atoms with Crippen LogP contribution in [0.1, 0.15) is 11.1 Å². The molecule has 0 atom stereocenters. The monoisotopic (exact) mass is 325 g/mol. The van der Waals surface area contributed by atoms with Crippen LogP contribution < -0.4 is 0 Å². The Balaban J connectivity index is 2.48. The van der Waals surface area contributed by atoms with E-state index in [0.717, 1.165) is 18.2 Å². The van der Waals surface area contributed by atoms with E-state index in [-0.39, 0.29) is 16.3 Å². The third-order valence-electron chi connectivity index (χ3n) is 2.63. The lowest BCUT2D eigenvalue weighted by molar-refractivity contribution is -0.138. The fourth-order valence-electron chi connectivity index (χ4n) is 1.65. The Kier molecular flexibility index (Phi) is 3.88. The lowest BCUT2D eigenvalue weighted by atomic mass is 10.1. The summed E-state index contributed by atoms with van der Waals surface area (Å²) >= 11 is 5.69. The van der Waals surface area contributed by atoms with Gasteiger partial charge in [-0.15, -0.1) is 0 Å². The summed E-state index contributed by atoms with van der Waals surface area (Å²) in [5.74, 6) is 0. The van der Waals surface area contributed by atoms with Crippen LogP contribution in [0.4, 0.5) is 26.3 Å². The average molecular weight is 326 g/mol. The van der Waals surface area contributed by atoms with Gasteiger partial charge in [-0.3, -0.25) is 4.98 Å². The van der Waals surface area contributed by atoms with Gasteiger partial charge in [0.05, 0.1) is 21.8 Å². The van der Waals surface area contributed by atoms with Gasteiger partial charge in [-0.25, -0.2) is 0 Å². The van der Waals surface area contributed by atoms with E-state index in [0.29, 0.717) is 12.3 Å². The molecule has 112 valence electrons. The zero-order chi connectivity index (χ0) is 15.8. The topological polar surface area (TPSA) is 12.9 Å². The predicted molar refractivity (Wildman–Crippen MR) is 64.7 cm³/mol. The molecule has 1 nitrogen and oxygen atoms in total. The minimum Gasteiger partial charge on any atom is -0.254 e. The normalized spacial score (nSPS) is 12.5. The number of nitrogens with zero attached hydrogens (tertiary/aromatic N) is 1. The van der Waals surface area contributed by atoms with Gasteiger partial charge in [-0.05, 0) is 18.2 Å². The molecule has 0 amide bonds. The summed E-state index contributed by atoms with van der Waals surface area (Å²) in [5.41, 5.74) is -2.15. The molecule has 1 aromatic heterocycles. The zero-order valence-corrected chi connectivity index (χ0v) is 10.8. The summed E-state index contributed by atoms with van der Waals surface area (Å²) in [4.78, 5) is 3.52. The summed E-state index contributed by atoms with van der Waals surface area (Å²) in [6, 6.07) is 4.68. The Hall–Kier alpha value is -1.76. The molecule has 0 fully saturated rings. The van der Waals surface area contributed by atoms with E-state index in [1.165, 1.54) is 6.07 Å². The number of alkyl halides is 6. The second kappa shape index (κ2) is 5.22. The summed E-state index contributed by atoms with van der Waals surface area (Å²) in [6.07, 6.45) is -8.65. The molecule has 2 aromatic rings. The quantitative estimate of drug-likeness (QED) is 0.636. The third kappa shape index (κ3) is 3.47. The van der Waals surface area contributed by atoms with Gasteiger partial charge in [0.1, 0.15) is 0 Å². The molecular weight excluding hydrogens is 320 g/mol. The molecule has 0 N–H and O–H groups in total. The van der Waals surface area contributed by atoms with Crippen LogP contribution in [0, 0.1) is 0 Å². The zero-order valence-electron chi connectivity index (χ0n) is 10.1. The second-order valence-corrected chi connectivity index (χ2v) is 4.54. The SMILES string of the molecule is FC(F)(F)c1cccc(-c2ncc(C(F)(F)F)cc2Cl)c1. The van der Waals surface area contributed by atoms with Gasteiger partial charge in [0.25, 0.3) is 0 Å². The maximum Gasteiger partial charge on any atom is 0.417 e. The van der Waals surface area contributed by atoms with Crippen molar-refractivity contribution in [2.24, 2.45) is 0 Å². The van der Waals surface area contributed by atoms with Gasteiger partial charge in [0.15, 0.2) is 0 Å². The van der Waals surface area contributed by atoms with Crippen LogP contribution in [0.15, 0.2) is 36.5 Å². The van der Waals surface area contributed by atoms with Crippen LogP contribution in [-0.2, 0) is 12.4 Å². The Bertz CT molecular complexity index is 662. The van der Waals surface area contributed by atoms with E-state index in [9.17, 15) is 26.3 Å². The van der Waals surface area contributed by atoms with Crippen molar-refractivity contribution in [2.75, 3.05) is 0 Å². The second-order valence-electron chi connectivity index (χ2n) is 4.13. The van der Waals surface area contributed by atoms with Crippen molar-refractivity contribution < 1.29 is 26.3 Å². The van der Waals surface area contributed by atoms with E-state index in [2.05, 4.69) is 4.98 Å². The van der Waals surface area contributed by atoms with Crippen molar-refractivity contribution in [3.63, 3.8) is 0 Å². The molecule has 21 heavy (non-hydrogen) atoms.